The number of fused-ring (bicyclic) bond motifs is 1. The largest absolute Gasteiger partial charge is 0.472 e. The second-order valence-electron chi connectivity index (χ2n) is 7.59. The predicted octanol–water partition coefficient (Wildman–Crippen LogP) is 4.27. The Morgan fingerprint density at radius 2 is 2.27 bits per heavy atom. The third-order valence-electron chi connectivity index (χ3n) is 5.43. The van der Waals surface area contributed by atoms with Gasteiger partial charge in [0.25, 0.3) is 0 Å². The molecule has 2 N–H and O–H groups in total. The Bertz CT molecular complexity index is 1340. The molecule has 8 nitrogen and oxygen atoms in total. The van der Waals surface area contributed by atoms with Gasteiger partial charge in [0.15, 0.2) is 5.82 Å². The lowest BCUT2D eigenvalue weighted by molar-refractivity contribution is -0.122. The molecule has 1 fully saturated rings. The molecule has 5 rings (SSSR count). The van der Waals surface area contributed by atoms with E-state index in [1.165, 1.54) is 18.7 Å². The molecule has 1 aliphatic carbocycles. The van der Waals surface area contributed by atoms with E-state index in [0.717, 1.165) is 0 Å². The maximum absolute atomic E-state index is 15.4. The molecule has 0 unspecified atom stereocenters. The first-order chi connectivity index (χ1) is 16.0. The molecule has 168 valence electrons. The van der Waals surface area contributed by atoms with E-state index < -0.39 is 23.8 Å². The van der Waals surface area contributed by atoms with Crippen LogP contribution in [0, 0.1) is 11.7 Å². The standard InChI is InChI=1S/C22H17ClF2N6O2/c1-26-16(29-22(32)12-6-14(12)24)9-31-4-3-27-15(8-31)18-13-7-28-30-21(13)17(20(25)19(18)23)11-2-5-33-10-11/h2-3,5,7-10,12,14H,1,4,6H2,(H,28,30)(H,29,32)/b16-9+/t12-,14+/m1/s1. The van der Waals surface area contributed by atoms with Crippen LogP contribution in [-0.4, -0.2) is 46.7 Å². The first kappa shape index (κ1) is 21.1. The van der Waals surface area contributed by atoms with E-state index in [9.17, 15) is 9.18 Å². The summed E-state index contributed by atoms with van der Waals surface area (Å²) < 4.78 is 33.6. The summed E-state index contributed by atoms with van der Waals surface area (Å²) in [6.45, 7) is 3.81. The molecule has 3 heterocycles. The Morgan fingerprint density at radius 1 is 1.45 bits per heavy atom. The highest BCUT2D eigenvalue weighted by atomic mass is 35.5. The second-order valence-corrected chi connectivity index (χ2v) is 7.97. The molecule has 3 aromatic rings. The first-order valence-electron chi connectivity index (χ1n) is 9.98. The topological polar surface area (TPSA) is 98.9 Å². The zero-order chi connectivity index (χ0) is 23.1. The number of H-pyrrole nitrogens is 1. The van der Waals surface area contributed by atoms with E-state index in [-0.39, 0.29) is 22.8 Å². The molecule has 2 atom stereocenters. The number of alkyl halides is 1. The van der Waals surface area contributed by atoms with Crippen molar-refractivity contribution < 1.29 is 18.0 Å². The van der Waals surface area contributed by atoms with Gasteiger partial charge in [0.1, 0.15) is 12.0 Å². The van der Waals surface area contributed by atoms with E-state index in [4.69, 9.17) is 16.0 Å². The second kappa shape index (κ2) is 8.28. The van der Waals surface area contributed by atoms with Gasteiger partial charge in [-0.1, -0.05) is 11.6 Å². The van der Waals surface area contributed by atoms with Crippen LogP contribution in [0.3, 0.4) is 0 Å². The fraction of sp³-hybridized carbons (Fsp3) is 0.182. The van der Waals surface area contributed by atoms with Gasteiger partial charge in [-0.15, -0.1) is 0 Å². The highest BCUT2D eigenvalue weighted by molar-refractivity contribution is 6.34. The van der Waals surface area contributed by atoms with Crippen LogP contribution in [0.5, 0.6) is 0 Å². The van der Waals surface area contributed by atoms with Gasteiger partial charge < -0.3 is 14.6 Å². The van der Waals surface area contributed by atoms with Gasteiger partial charge in [0.2, 0.25) is 5.91 Å². The van der Waals surface area contributed by atoms with Gasteiger partial charge in [-0.3, -0.25) is 14.9 Å². The number of hydrogen-bond acceptors (Lipinski definition) is 6. The summed E-state index contributed by atoms with van der Waals surface area (Å²) in [5.41, 5.74) is 1.95. The molecular formula is C22H17ClF2N6O2. The van der Waals surface area contributed by atoms with Gasteiger partial charge in [-0.05, 0) is 19.2 Å². The Balaban J connectivity index is 1.52. The van der Waals surface area contributed by atoms with Crippen molar-refractivity contribution in [3.8, 4) is 11.1 Å². The number of carbonyl (C=O) groups is 1. The maximum Gasteiger partial charge on any atom is 0.231 e. The number of halogens is 3. The minimum atomic E-state index is -1.12. The summed E-state index contributed by atoms with van der Waals surface area (Å²) in [7, 11) is 0. The molecule has 1 aromatic carbocycles. The molecule has 33 heavy (non-hydrogen) atoms. The molecular weight excluding hydrogens is 454 g/mol. The van der Waals surface area contributed by atoms with Crippen molar-refractivity contribution in [2.24, 2.45) is 15.9 Å². The van der Waals surface area contributed by atoms with Gasteiger partial charge in [-0.2, -0.15) is 5.10 Å². The van der Waals surface area contributed by atoms with Crippen molar-refractivity contribution >= 4 is 47.0 Å². The Kier molecular flexibility index (Phi) is 5.29. The number of nitrogens with zero attached hydrogens (tertiary/aromatic N) is 4. The highest BCUT2D eigenvalue weighted by Gasteiger charge is 2.43. The van der Waals surface area contributed by atoms with Crippen molar-refractivity contribution in [2.45, 2.75) is 12.6 Å². The molecule has 2 aromatic heterocycles. The summed E-state index contributed by atoms with van der Waals surface area (Å²) in [6.07, 6.45) is 8.27. The third-order valence-corrected chi connectivity index (χ3v) is 5.78. The number of amides is 1. The number of aliphatic imine (C=N–C) groups is 2. The SMILES string of the molecule is C=N/C(=C\N1C=C(c2c(Cl)c(F)c(-c3ccoc3)c3[nH]ncc23)N=CC1)NC(=O)[C@@H]1C[C@@H]1F. The van der Waals surface area contributed by atoms with Gasteiger partial charge in [0, 0.05) is 40.7 Å². The van der Waals surface area contributed by atoms with Crippen LogP contribution in [0.4, 0.5) is 8.78 Å². The van der Waals surface area contributed by atoms with E-state index in [1.807, 2.05) is 0 Å². The first-order valence-corrected chi connectivity index (χ1v) is 10.4. The molecule has 1 saturated carbocycles. The lowest BCUT2D eigenvalue weighted by Crippen LogP contribution is -2.27. The Hall–Kier alpha value is -3.79. The lowest BCUT2D eigenvalue weighted by atomic mass is 9.99. The summed E-state index contributed by atoms with van der Waals surface area (Å²) in [6, 6.07) is 1.63. The zero-order valence-corrected chi connectivity index (χ0v) is 17.8. The van der Waals surface area contributed by atoms with E-state index in [1.54, 1.807) is 29.6 Å². The van der Waals surface area contributed by atoms with Crippen LogP contribution in [-0.2, 0) is 4.79 Å². The number of rotatable bonds is 6. The average Bonchev–Trinajstić information content (AvgIpc) is 3.19. The Morgan fingerprint density at radius 3 is 2.97 bits per heavy atom. The molecule has 0 spiro atoms. The zero-order valence-electron chi connectivity index (χ0n) is 17.1. The van der Waals surface area contributed by atoms with Gasteiger partial charge >= 0.3 is 0 Å². The molecule has 11 heteroatoms. The number of hydrogen-bond donors (Lipinski definition) is 2. The van der Waals surface area contributed by atoms with Crippen LogP contribution >= 0.6 is 11.6 Å². The molecule has 2 aliphatic rings. The van der Waals surface area contributed by atoms with Crippen molar-refractivity contribution in [1.82, 2.24) is 20.4 Å². The fourth-order valence-corrected chi connectivity index (χ4v) is 3.95. The monoisotopic (exact) mass is 470 g/mol. The van der Waals surface area contributed by atoms with Crippen LogP contribution in [0.2, 0.25) is 5.02 Å². The minimum absolute atomic E-state index is 0.118. The van der Waals surface area contributed by atoms with Gasteiger partial charge in [0.05, 0.1) is 47.4 Å². The number of benzene rings is 1. The van der Waals surface area contributed by atoms with Crippen LogP contribution in [0.15, 0.2) is 57.4 Å². The predicted molar refractivity (Wildman–Crippen MR) is 121 cm³/mol. The molecule has 1 aliphatic heterocycles. The van der Waals surface area contributed by atoms with Crippen LogP contribution in [0.25, 0.3) is 27.7 Å². The average molecular weight is 471 g/mol. The highest BCUT2D eigenvalue weighted by Crippen LogP contribution is 2.41. The quantitative estimate of drug-likeness (QED) is 0.525. The number of carbonyl (C=O) groups excluding carboxylic acids is 1. The summed E-state index contributed by atoms with van der Waals surface area (Å²) in [4.78, 5) is 21.9. The minimum Gasteiger partial charge on any atom is -0.472 e. The molecule has 0 bridgehead atoms. The molecule has 0 saturated heterocycles. The van der Waals surface area contributed by atoms with Crippen molar-refractivity contribution in [1.29, 1.82) is 0 Å². The molecule has 0 radical (unpaired) electrons. The van der Waals surface area contributed by atoms with E-state index in [2.05, 4.69) is 32.2 Å². The van der Waals surface area contributed by atoms with Crippen LogP contribution in [0.1, 0.15) is 12.0 Å². The van der Waals surface area contributed by atoms with Gasteiger partial charge in [-0.25, -0.2) is 13.8 Å². The molecule has 1 amide bonds. The van der Waals surface area contributed by atoms with Crippen molar-refractivity contribution in [3.63, 3.8) is 0 Å². The Labute approximate surface area is 191 Å². The number of aromatic nitrogens is 2. The van der Waals surface area contributed by atoms with Crippen LogP contribution < -0.4 is 5.32 Å². The summed E-state index contributed by atoms with van der Waals surface area (Å²) >= 11 is 6.47. The number of furan rings is 1. The normalized spacial score (nSPS) is 20.2. The smallest absolute Gasteiger partial charge is 0.231 e. The number of nitrogens with one attached hydrogen (secondary N) is 2. The number of aromatic amines is 1. The van der Waals surface area contributed by atoms with Crippen molar-refractivity contribution in [3.05, 3.63) is 59.4 Å². The fourth-order valence-electron chi connectivity index (χ4n) is 3.66. The lowest BCUT2D eigenvalue weighted by Gasteiger charge is -2.21. The summed E-state index contributed by atoms with van der Waals surface area (Å²) in [5.74, 6) is -1.59. The third kappa shape index (κ3) is 3.82. The maximum atomic E-state index is 15.4. The van der Waals surface area contributed by atoms with E-state index >= 15 is 4.39 Å². The summed E-state index contributed by atoms with van der Waals surface area (Å²) in [5, 5.41) is 9.90. The van der Waals surface area contributed by atoms with E-state index in [0.29, 0.717) is 34.3 Å². The van der Waals surface area contributed by atoms with Crippen molar-refractivity contribution in [2.75, 3.05) is 6.54 Å².